The highest BCUT2D eigenvalue weighted by molar-refractivity contribution is 9.10. The molecule has 1 aromatic rings. The Kier molecular flexibility index (Phi) is 3.58. The molecule has 0 bridgehead atoms. The number of carboxylic acid groups (broad SMARTS) is 1. The Hall–Kier alpha value is -1.54. The summed E-state index contributed by atoms with van der Waals surface area (Å²) in [6, 6.07) is 7.42. The highest BCUT2D eigenvalue weighted by Gasteiger charge is 2.36. The summed E-state index contributed by atoms with van der Waals surface area (Å²) >= 11 is 3.44. The van der Waals surface area contributed by atoms with Crippen molar-refractivity contribution in [1.82, 2.24) is 0 Å². The quantitative estimate of drug-likeness (QED) is 0.912. The highest BCUT2D eigenvalue weighted by atomic mass is 79.9. The molecule has 4 nitrogen and oxygen atoms in total. The summed E-state index contributed by atoms with van der Waals surface area (Å²) in [5.41, 5.74) is 1.54. The van der Waals surface area contributed by atoms with Gasteiger partial charge in [0.15, 0.2) is 0 Å². The van der Waals surface area contributed by atoms with Gasteiger partial charge >= 0.3 is 5.97 Å². The molecular weight excluding hydrogens is 296 g/mol. The number of aliphatic carboxylic acids is 1. The number of carbonyl (C=O) groups is 1. The Balaban J connectivity index is 2.29. The van der Waals surface area contributed by atoms with Gasteiger partial charge in [0.05, 0.1) is 23.2 Å². The summed E-state index contributed by atoms with van der Waals surface area (Å²) in [6.07, 6.45) is 0.656. The summed E-state index contributed by atoms with van der Waals surface area (Å²) in [6.45, 7) is 2.65. The first-order valence-electron chi connectivity index (χ1n) is 5.73. The second-order valence-electron chi connectivity index (χ2n) is 4.45. The van der Waals surface area contributed by atoms with E-state index in [1.54, 1.807) is 12.1 Å². The van der Waals surface area contributed by atoms with Crippen LogP contribution in [0.15, 0.2) is 22.7 Å². The van der Waals surface area contributed by atoms with Crippen LogP contribution < -0.4 is 4.90 Å². The van der Waals surface area contributed by atoms with E-state index in [2.05, 4.69) is 26.9 Å². The minimum atomic E-state index is -0.741. The van der Waals surface area contributed by atoms with Gasteiger partial charge in [0.1, 0.15) is 0 Å². The molecule has 94 valence electrons. The van der Waals surface area contributed by atoms with Crippen molar-refractivity contribution in [1.29, 1.82) is 5.26 Å². The van der Waals surface area contributed by atoms with Crippen molar-refractivity contribution in [3.8, 4) is 6.07 Å². The first-order chi connectivity index (χ1) is 8.54. The lowest BCUT2D eigenvalue weighted by atomic mass is 10.0. The maximum atomic E-state index is 11.1. The minimum Gasteiger partial charge on any atom is -0.481 e. The van der Waals surface area contributed by atoms with E-state index >= 15 is 0 Å². The molecule has 1 N–H and O–H groups in total. The maximum absolute atomic E-state index is 11.1. The summed E-state index contributed by atoms with van der Waals surface area (Å²) in [4.78, 5) is 13.2. The molecule has 0 spiro atoms. The van der Waals surface area contributed by atoms with E-state index in [0.717, 1.165) is 16.7 Å². The lowest BCUT2D eigenvalue weighted by Gasteiger charge is -2.26. The molecule has 1 saturated heterocycles. The third-order valence-corrected chi connectivity index (χ3v) is 4.09. The number of benzene rings is 1. The molecule has 5 heteroatoms. The van der Waals surface area contributed by atoms with Gasteiger partial charge in [0, 0.05) is 17.1 Å². The molecule has 2 rings (SSSR count). The summed E-state index contributed by atoms with van der Waals surface area (Å²) < 4.78 is 0.833. The number of hydrogen-bond donors (Lipinski definition) is 1. The van der Waals surface area contributed by atoms with Crippen LogP contribution in [0.4, 0.5) is 5.69 Å². The predicted molar refractivity (Wildman–Crippen MR) is 71.4 cm³/mol. The zero-order valence-electron chi connectivity index (χ0n) is 9.93. The van der Waals surface area contributed by atoms with Crippen LogP contribution in [-0.2, 0) is 4.79 Å². The van der Waals surface area contributed by atoms with E-state index in [0.29, 0.717) is 12.0 Å². The van der Waals surface area contributed by atoms with Crippen molar-refractivity contribution < 1.29 is 9.90 Å². The van der Waals surface area contributed by atoms with Crippen molar-refractivity contribution >= 4 is 27.6 Å². The van der Waals surface area contributed by atoms with Crippen molar-refractivity contribution in [3.05, 3.63) is 28.2 Å². The van der Waals surface area contributed by atoms with Crippen molar-refractivity contribution in [2.45, 2.75) is 19.4 Å². The van der Waals surface area contributed by atoms with Crippen LogP contribution in [-0.4, -0.2) is 23.7 Å². The van der Waals surface area contributed by atoms with Crippen LogP contribution >= 0.6 is 15.9 Å². The Labute approximate surface area is 114 Å². The molecule has 0 amide bonds. The highest BCUT2D eigenvalue weighted by Crippen LogP contribution is 2.35. The van der Waals surface area contributed by atoms with Gasteiger partial charge in [-0.05, 0) is 47.5 Å². The molecule has 1 aliphatic rings. The number of nitriles is 1. The van der Waals surface area contributed by atoms with Crippen LogP contribution in [0.2, 0.25) is 0 Å². The van der Waals surface area contributed by atoms with Gasteiger partial charge in [-0.25, -0.2) is 0 Å². The molecule has 2 atom stereocenters. The van der Waals surface area contributed by atoms with E-state index in [1.807, 2.05) is 13.0 Å². The fraction of sp³-hybridized carbons (Fsp3) is 0.385. The van der Waals surface area contributed by atoms with E-state index in [4.69, 9.17) is 10.4 Å². The summed E-state index contributed by atoms with van der Waals surface area (Å²) in [5.74, 6) is -1.07. The molecule has 0 radical (unpaired) electrons. The van der Waals surface area contributed by atoms with E-state index in [9.17, 15) is 4.79 Å². The zero-order chi connectivity index (χ0) is 13.3. The van der Waals surface area contributed by atoms with Crippen molar-refractivity contribution in [2.75, 3.05) is 11.4 Å². The number of hydrogen-bond acceptors (Lipinski definition) is 3. The molecule has 1 fully saturated rings. The third-order valence-electron chi connectivity index (χ3n) is 3.46. The van der Waals surface area contributed by atoms with E-state index in [1.165, 1.54) is 0 Å². The lowest BCUT2D eigenvalue weighted by Crippen LogP contribution is -2.33. The van der Waals surface area contributed by atoms with Gasteiger partial charge in [-0.3, -0.25) is 4.79 Å². The predicted octanol–water partition coefficient (Wildman–Crippen LogP) is 2.62. The molecular formula is C13H13BrN2O2. The normalized spacial score (nSPS) is 22.8. The lowest BCUT2D eigenvalue weighted by molar-refractivity contribution is -0.141. The fourth-order valence-electron chi connectivity index (χ4n) is 2.42. The molecule has 0 aliphatic carbocycles. The Morgan fingerprint density at radius 2 is 2.33 bits per heavy atom. The van der Waals surface area contributed by atoms with Gasteiger partial charge in [-0.2, -0.15) is 5.26 Å². The molecule has 0 aromatic heterocycles. The zero-order valence-corrected chi connectivity index (χ0v) is 11.5. The standard InChI is InChI=1S/C13H13BrN2O2/c1-8-10(13(17)18)4-5-16(8)12-3-2-9(7-15)6-11(12)14/h2-3,6,8,10H,4-5H2,1H3,(H,17,18). The molecule has 1 aliphatic heterocycles. The van der Waals surface area contributed by atoms with Gasteiger partial charge in [0.25, 0.3) is 0 Å². The van der Waals surface area contributed by atoms with Crippen molar-refractivity contribution in [2.24, 2.45) is 5.92 Å². The third kappa shape index (κ3) is 2.21. The smallest absolute Gasteiger partial charge is 0.308 e. The largest absolute Gasteiger partial charge is 0.481 e. The Morgan fingerprint density at radius 3 is 2.83 bits per heavy atom. The monoisotopic (exact) mass is 308 g/mol. The van der Waals surface area contributed by atoms with Gasteiger partial charge in [-0.1, -0.05) is 0 Å². The molecule has 2 unspecified atom stereocenters. The van der Waals surface area contributed by atoms with Gasteiger partial charge in [0.2, 0.25) is 0 Å². The number of anilines is 1. The Morgan fingerprint density at radius 1 is 1.61 bits per heavy atom. The summed E-state index contributed by atoms with van der Waals surface area (Å²) in [7, 11) is 0. The van der Waals surface area contributed by atoms with Crippen LogP contribution in [0.5, 0.6) is 0 Å². The van der Waals surface area contributed by atoms with Crippen molar-refractivity contribution in [3.63, 3.8) is 0 Å². The average Bonchev–Trinajstić information content (AvgIpc) is 2.71. The Bertz CT molecular complexity index is 524. The second-order valence-corrected chi connectivity index (χ2v) is 5.30. The number of halogens is 1. The van der Waals surface area contributed by atoms with Crippen LogP contribution in [0.3, 0.4) is 0 Å². The summed E-state index contributed by atoms with van der Waals surface area (Å²) in [5, 5.41) is 17.9. The second kappa shape index (κ2) is 4.99. The molecule has 18 heavy (non-hydrogen) atoms. The van der Waals surface area contributed by atoms with E-state index < -0.39 is 5.97 Å². The maximum Gasteiger partial charge on any atom is 0.308 e. The SMILES string of the molecule is CC1C(C(=O)O)CCN1c1ccc(C#N)cc1Br. The van der Waals surface area contributed by atoms with Gasteiger partial charge in [-0.15, -0.1) is 0 Å². The van der Waals surface area contributed by atoms with E-state index in [-0.39, 0.29) is 12.0 Å². The molecule has 1 aromatic carbocycles. The first kappa shape index (κ1) is 12.9. The van der Waals surface area contributed by atoms with Gasteiger partial charge < -0.3 is 10.0 Å². The fourth-order valence-corrected chi connectivity index (χ4v) is 3.03. The topological polar surface area (TPSA) is 64.3 Å². The van der Waals surface area contributed by atoms with Crippen LogP contribution in [0.25, 0.3) is 0 Å². The number of carboxylic acids is 1. The number of nitrogens with zero attached hydrogens (tertiary/aromatic N) is 2. The average molecular weight is 309 g/mol. The molecule has 1 heterocycles. The van der Waals surface area contributed by atoms with Crippen LogP contribution in [0.1, 0.15) is 18.9 Å². The van der Waals surface area contributed by atoms with Crippen LogP contribution in [0, 0.1) is 17.2 Å². The first-order valence-corrected chi connectivity index (χ1v) is 6.53. The molecule has 0 saturated carbocycles. The minimum absolute atomic E-state index is 0.0354. The number of rotatable bonds is 2.